The lowest BCUT2D eigenvalue weighted by Gasteiger charge is -1.92. The van der Waals surface area contributed by atoms with Crippen molar-refractivity contribution in [3.05, 3.63) is 29.7 Å². The van der Waals surface area contributed by atoms with Gasteiger partial charge >= 0.3 is 0 Å². The van der Waals surface area contributed by atoms with Crippen LogP contribution in [0.15, 0.2) is 22.6 Å². The number of nitrogens with one attached hydrogen (secondary N) is 1. The van der Waals surface area contributed by atoms with E-state index >= 15 is 0 Å². The van der Waals surface area contributed by atoms with E-state index in [0.717, 1.165) is 5.76 Å². The minimum atomic E-state index is -0.100. The van der Waals surface area contributed by atoms with Crippen molar-refractivity contribution in [2.45, 2.75) is 13.8 Å². The van der Waals surface area contributed by atoms with Crippen molar-refractivity contribution < 1.29 is 9.21 Å². The van der Waals surface area contributed by atoms with Crippen molar-refractivity contribution in [2.24, 2.45) is 0 Å². The van der Waals surface area contributed by atoms with Crippen molar-refractivity contribution in [3.63, 3.8) is 0 Å². The SMILES string of the molecule is CCNC(=O)C=Cc1ccc(C)o1. The molecule has 1 aromatic rings. The maximum Gasteiger partial charge on any atom is 0.244 e. The van der Waals surface area contributed by atoms with Crippen molar-refractivity contribution in [3.8, 4) is 0 Å². The van der Waals surface area contributed by atoms with Gasteiger partial charge in [0.25, 0.3) is 0 Å². The summed E-state index contributed by atoms with van der Waals surface area (Å²) in [5.41, 5.74) is 0. The van der Waals surface area contributed by atoms with Gasteiger partial charge in [0.1, 0.15) is 11.5 Å². The van der Waals surface area contributed by atoms with Gasteiger partial charge < -0.3 is 9.73 Å². The zero-order valence-corrected chi connectivity index (χ0v) is 7.83. The molecule has 3 nitrogen and oxygen atoms in total. The third-order valence-corrected chi connectivity index (χ3v) is 1.51. The molecule has 0 atom stereocenters. The highest BCUT2D eigenvalue weighted by molar-refractivity contribution is 5.91. The average Bonchev–Trinajstić information content (AvgIpc) is 2.49. The van der Waals surface area contributed by atoms with E-state index in [9.17, 15) is 4.79 Å². The Morgan fingerprint density at radius 1 is 1.62 bits per heavy atom. The van der Waals surface area contributed by atoms with Gasteiger partial charge in [-0.15, -0.1) is 0 Å². The summed E-state index contributed by atoms with van der Waals surface area (Å²) in [5.74, 6) is 1.44. The molecule has 1 heterocycles. The topological polar surface area (TPSA) is 42.2 Å². The van der Waals surface area contributed by atoms with E-state index in [0.29, 0.717) is 12.3 Å². The number of likely N-dealkylation sites (N-methyl/N-ethyl adjacent to an activating group) is 1. The lowest BCUT2D eigenvalue weighted by Crippen LogP contribution is -2.19. The van der Waals surface area contributed by atoms with Crippen molar-refractivity contribution in [2.75, 3.05) is 6.54 Å². The van der Waals surface area contributed by atoms with Crippen LogP contribution in [0, 0.1) is 6.92 Å². The summed E-state index contributed by atoms with van der Waals surface area (Å²) in [5, 5.41) is 2.66. The van der Waals surface area contributed by atoms with Crippen LogP contribution in [-0.4, -0.2) is 12.5 Å². The second-order valence-electron chi connectivity index (χ2n) is 2.68. The smallest absolute Gasteiger partial charge is 0.244 e. The summed E-state index contributed by atoms with van der Waals surface area (Å²) in [7, 11) is 0. The highest BCUT2D eigenvalue weighted by atomic mass is 16.3. The number of hydrogen-bond acceptors (Lipinski definition) is 2. The summed E-state index contributed by atoms with van der Waals surface area (Å²) >= 11 is 0. The Morgan fingerprint density at radius 3 is 2.92 bits per heavy atom. The van der Waals surface area contributed by atoms with Crippen LogP contribution in [0.5, 0.6) is 0 Å². The van der Waals surface area contributed by atoms with Crippen LogP contribution in [0.4, 0.5) is 0 Å². The molecule has 0 aromatic carbocycles. The van der Waals surface area contributed by atoms with Gasteiger partial charge in [0.2, 0.25) is 5.91 Å². The molecule has 0 aliphatic rings. The van der Waals surface area contributed by atoms with E-state index in [-0.39, 0.29) is 5.91 Å². The monoisotopic (exact) mass is 179 g/mol. The Bertz CT molecular complexity index is 312. The lowest BCUT2D eigenvalue weighted by atomic mass is 10.4. The highest BCUT2D eigenvalue weighted by Gasteiger charge is 1.94. The Morgan fingerprint density at radius 2 is 2.38 bits per heavy atom. The van der Waals surface area contributed by atoms with Gasteiger partial charge in [0.15, 0.2) is 0 Å². The molecule has 0 saturated heterocycles. The first-order valence-electron chi connectivity index (χ1n) is 4.24. The third kappa shape index (κ3) is 3.15. The predicted molar refractivity (Wildman–Crippen MR) is 51.2 cm³/mol. The third-order valence-electron chi connectivity index (χ3n) is 1.51. The molecule has 1 amide bonds. The second-order valence-corrected chi connectivity index (χ2v) is 2.68. The summed E-state index contributed by atoms with van der Waals surface area (Å²) in [6, 6.07) is 3.68. The molecule has 0 unspecified atom stereocenters. The number of rotatable bonds is 3. The predicted octanol–water partition coefficient (Wildman–Crippen LogP) is 1.74. The van der Waals surface area contributed by atoms with Gasteiger partial charge in [0.05, 0.1) is 0 Å². The number of furan rings is 1. The molecule has 0 spiro atoms. The lowest BCUT2D eigenvalue weighted by molar-refractivity contribution is -0.116. The van der Waals surface area contributed by atoms with Gasteiger partial charge in [0, 0.05) is 12.6 Å². The van der Waals surface area contributed by atoms with Crippen LogP contribution < -0.4 is 5.32 Å². The van der Waals surface area contributed by atoms with E-state index in [1.54, 1.807) is 6.08 Å². The summed E-state index contributed by atoms with van der Waals surface area (Å²) < 4.78 is 5.25. The zero-order valence-electron chi connectivity index (χ0n) is 7.83. The molecule has 0 fully saturated rings. The molecular formula is C10H13NO2. The molecule has 0 radical (unpaired) electrons. The van der Waals surface area contributed by atoms with E-state index in [1.165, 1.54) is 6.08 Å². The van der Waals surface area contributed by atoms with Gasteiger partial charge in [-0.1, -0.05) is 0 Å². The van der Waals surface area contributed by atoms with Crippen molar-refractivity contribution in [1.82, 2.24) is 5.32 Å². The Hall–Kier alpha value is -1.51. The molecule has 0 bridgehead atoms. The Labute approximate surface area is 77.4 Å². The molecule has 0 saturated carbocycles. The number of carbonyl (C=O) groups excluding carboxylic acids is 1. The normalized spacial score (nSPS) is 10.6. The van der Waals surface area contributed by atoms with Gasteiger partial charge in [-0.2, -0.15) is 0 Å². The Kier molecular flexibility index (Phi) is 3.31. The van der Waals surface area contributed by atoms with E-state index in [1.807, 2.05) is 26.0 Å². The summed E-state index contributed by atoms with van der Waals surface area (Å²) in [4.78, 5) is 11.0. The number of carbonyl (C=O) groups is 1. The van der Waals surface area contributed by atoms with Gasteiger partial charge in [-0.25, -0.2) is 0 Å². The quantitative estimate of drug-likeness (QED) is 0.718. The fraction of sp³-hybridized carbons (Fsp3) is 0.300. The molecule has 70 valence electrons. The molecule has 1 aromatic heterocycles. The van der Waals surface area contributed by atoms with Crippen molar-refractivity contribution >= 4 is 12.0 Å². The first-order valence-corrected chi connectivity index (χ1v) is 4.24. The van der Waals surface area contributed by atoms with Crippen molar-refractivity contribution in [1.29, 1.82) is 0 Å². The fourth-order valence-electron chi connectivity index (χ4n) is 0.934. The molecule has 13 heavy (non-hydrogen) atoms. The van der Waals surface area contributed by atoms with Crippen LogP contribution in [0.25, 0.3) is 6.08 Å². The number of amides is 1. The average molecular weight is 179 g/mol. The molecule has 1 rings (SSSR count). The standard InChI is InChI=1S/C10H13NO2/c1-3-11-10(12)7-6-9-5-4-8(2)13-9/h4-7H,3H2,1-2H3,(H,11,12). The maximum absolute atomic E-state index is 11.0. The van der Waals surface area contributed by atoms with Crippen LogP contribution in [0.1, 0.15) is 18.4 Å². The fourth-order valence-corrected chi connectivity index (χ4v) is 0.934. The van der Waals surface area contributed by atoms with E-state index in [4.69, 9.17) is 4.42 Å². The van der Waals surface area contributed by atoms with E-state index in [2.05, 4.69) is 5.32 Å². The summed E-state index contributed by atoms with van der Waals surface area (Å²) in [6.45, 7) is 4.38. The van der Waals surface area contributed by atoms with Crippen LogP contribution in [0.2, 0.25) is 0 Å². The Balaban J connectivity index is 2.53. The number of aryl methyl sites for hydroxylation is 1. The van der Waals surface area contributed by atoms with Crippen LogP contribution in [-0.2, 0) is 4.79 Å². The summed E-state index contributed by atoms with van der Waals surface area (Å²) in [6.07, 6.45) is 3.11. The maximum atomic E-state index is 11.0. The molecule has 1 N–H and O–H groups in total. The largest absolute Gasteiger partial charge is 0.462 e. The van der Waals surface area contributed by atoms with Gasteiger partial charge in [-0.05, 0) is 32.1 Å². The molecule has 0 aliphatic carbocycles. The second kappa shape index (κ2) is 4.50. The number of hydrogen-bond donors (Lipinski definition) is 1. The minimum Gasteiger partial charge on any atom is -0.462 e. The van der Waals surface area contributed by atoms with Crippen LogP contribution in [0.3, 0.4) is 0 Å². The van der Waals surface area contributed by atoms with Gasteiger partial charge in [-0.3, -0.25) is 4.79 Å². The zero-order chi connectivity index (χ0) is 9.68. The van der Waals surface area contributed by atoms with Crippen LogP contribution >= 0.6 is 0 Å². The highest BCUT2D eigenvalue weighted by Crippen LogP contribution is 2.07. The minimum absolute atomic E-state index is 0.100. The van der Waals surface area contributed by atoms with E-state index < -0.39 is 0 Å². The molecular weight excluding hydrogens is 166 g/mol. The molecule has 3 heteroatoms. The first-order chi connectivity index (χ1) is 6.22. The first kappa shape index (κ1) is 9.58. The molecule has 0 aliphatic heterocycles.